The summed E-state index contributed by atoms with van der Waals surface area (Å²) in [7, 11) is 0. The number of halogens is 1. The second-order valence-electron chi connectivity index (χ2n) is 4.60. The highest BCUT2D eigenvalue weighted by Crippen LogP contribution is 2.25. The molecule has 0 radical (unpaired) electrons. The lowest BCUT2D eigenvalue weighted by molar-refractivity contribution is 1.03. The average molecular weight is 344 g/mol. The van der Waals surface area contributed by atoms with Crippen molar-refractivity contribution in [3.63, 3.8) is 0 Å². The molecular formula is C15H14BrN5. The summed E-state index contributed by atoms with van der Waals surface area (Å²) in [5, 5.41) is 10.5. The first kappa shape index (κ1) is 13.8. The second-order valence-corrected chi connectivity index (χ2v) is 5.41. The first-order valence-corrected chi connectivity index (χ1v) is 7.35. The number of nitrogens with one attached hydrogen (secondary N) is 2. The van der Waals surface area contributed by atoms with Crippen LogP contribution in [0, 0.1) is 6.92 Å². The summed E-state index contributed by atoms with van der Waals surface area (Å²) in [6.07, 6.45) is 0. The Labute approximate surface area is 131 Å². The van der Waals surface area contributed by atoms with E-state index in [0.29, 0.717) is 12.4 Å². The van der Waals surface area contributed by atoms with Gasteiger partial charge >= 0.3 is 0 Å². The van der Waals surface area contributed by atoms with Crippen LogP contribution < -0.4 is 5.32 Å². The molecule has 2 heterocycles. The molecule has 0 saturated heterocycles. The smallest absolute Gasteiger partial charge is 0.183 e. The summed E-state index contributed by atoms with van der Waals surface area (Å²) in [5.41, 5.74) is 2.92. The van der Waals surface area contributed by atoms with Gasteiger partial charge < -0.3 is 5.32 Å². The number of aryl methyl sites for hydroxylation is 1. The van der Waals surface area contributed by atoms with E-state index >= 15 is 0 Å². The number of pyridine rings is 1. The van der Waals surface area contributed by atoms with Gasteiger partial charge in [-0.2, -0.15) is 5.10 Å². The Morgan fingerprint density at radius 1 is 1.10 bits per heavy atom. The van der Waals surface area contributed by atoms with Crippen LogP contribution in [-0.2, 0) is 6.54 Å². The molecule has 3 rings (SSSR count). The number of hydrogen-bond acceptors (Lipinski definition) is 4. The molecule has 0 unspecified atom stereocenters. The largest absolute Gasteiger partial charge is 0.379 e. The molecule has 2 N–H and O–H groups in total. The molecule has 0 spiro atoms. The van der Waals surface area contributed by atoms with Crippen LogP contribution in [0.5, 0.6) is 0 Å². The molecule has 0 aliphatic rings. The maximum absolute atomic E-state index is 4.41. The molecule has 2 aromatic heterocycles. The molecule has 0 aliphatic carbocycles. The SMILES string of the molecule is Cc1nc(-c2ccccc2NCc2cccc(Br)n2)n[nH]1. The maximum atomic E-state index is 4.41. The number of hydrogen-bond donors (Lipinski definition) is 2. The van der Waals surface area contributed by atoms with Gasteiger partial charge in [-0.3, -0.25) is 5.10 Å². The van der Waals surface area contributed by atoms with Crippen molar-refractivity contribution in [1.29, 1.82) is 0 Å². The predicted octanol–water partition coefficient (Wildman–Crippen LogP) is 3.55. The summed E-state index contributed by atoms with van der Waals surface area (Å²) < 4.78 is 0.833. The van der Waals surface area contributed by atoms with E-state index in [9.17, 15) is 0 Å². The molecule has 6 heteroatoms. The average Bonchev–Trinajstić information content (AvgIpc) is 2.92. The topological polar surface area (TPSA) is 66.5 Å². The summed E-state index contributed by atoms with van der Waals surface area (Å²) in [4.78, 5) is 8.79. The van der Waals surface area contributed by atoms with Gasteiger partial charge in [0.15, 0.2) is 5.82 Å². The third-order valence-electron chi connectivity index (χ3n) is 3.00. The highest BCUT2D eigenvalue weighted by Gasteiger charge is 2.09. The first-order valence-electron chi connectivity index (χ1n) is 6.56. The standard InChI is InChI=1S/C15H14BrN5/c1-10-18-15(21-20-10)12-6-2-3-7-13(12)17-9-11-5-4-8-14(16)19-11/h2-8,17H,9H2,1H3,(H,18,20,21). The zero-order valence-corrected chi connectivity index (χ0v) is 13.1. The van der Waals surface area contributed by atoms with E-state index in [0.717, 1.165) is 27.4 Å². The van der Waals surface area contributed by atoms with Crippen molar-refractivity contribution in [3.8, 4) is 11.4 Å². The number of aromatic amines is 1. The molecule has 1 aromatic carbocycles. The van der Waals surface area contributed by atoms with Gasteiger partial charge in [-0.15, -0.1) is 0 Å². The molecule has 5 nitrogen and oxygen atoms in total. The van der Waals surface area contributed by atoms with E-state index in [-0.39, 0.29) is 0 Å². The molecule has 3 aromatic rings. The van der Waals surface area contributed by atoms with Gasteiger partial charge in [0.05, 0.1) is 12.2 Å². The summed E-state index contributed by atoms with van der Waals surface area (Å²) in [6.45, 7) is 2.53. The van der Waals surface area contributed by atoms with Crippen LogP contribution in [0.25, 0.3) is 11.4 Å². The van der Waals surface area contributed by atoms with Crippen LogP contribution in [0.4, 0.5) is 5.69 Å². The molecule has 0 saturated carbocycles. The van der Waals surface area contributed by atoms with Gasteiger partial charge in [0.1, 0.15) is 10.4 Å². The molecule has 21 heavy (non-hydrogen) atoms. The van der Waals surface area contributed by atoms with Gasteiger partial charge in [0.2, 0.25) is 0 Å². The van der Waals surface area contributed by atoms with Gasteiger partial charge in [-0.25, -0.2) is 9.97 Å². The van der Waals surface area contributed by atoms with Crippen LogP contribution in [0.1, 0.15) is 11.5 Å². The van der Waals surface area contributed by atoms with Gasteiger partial charge in [0.25, 0.3) is 0 Å². The normalized spacial score (nSPS) is 10.6. The lowest BCUT2D eigenvalue weighted by atomic mass is 10.1. The maximum Gasteiger partial charge on any atom is 0.183 e. The molecule has 0 atom stereocenters. The predicted molar refractivity (Wildman–Crippen MR) is 85.8 cm³/mol. The number of rotatable bonds is 4. The number of nitrogens with zero attached hydrogens (tertiary/aromatic N) is 3. The molecule has 0 fully saturated rings. The van der Waals surface area contributed by atoms with Crippen molar-refractivity contribution in [2.24, 2.45) is 0 Å². The van der Waals surface area contributed by atoms with Crippen molar-refractivity contribution < 1.29 is 0 Å². The highest BCUT2D eigenvalue weighted by molar-refractivity contribution is 9.10. The lowest BCUT2D eigenvalue weighted by Crippen LogP contribution is -2.03. The Morgan fingerprint density at radius 2 is 1.95 bits per heavy atom. The van der Waals surface area contributed by atoms with E-state index in [1.54, 1.807) is 0 Å². The number of benzene rings is 1. The molecule has 0 amide bonds. The minimum atomic E-state index is 0.639. The molecule has 106 valence electrons. The Bertz CT molecular complexity index is 753. The Hall–Kier alpha value is -2.21. The van der Waals surface area contributed by atoms with Crippen LogP contribution in [0.15, 0.2) is 47.1 Å². The fourth-order valence-electron chi connectivity index (χ4n) is 2.03. The zero-order valence-electron chi connectivity index (χ0n) is 11.5. The van der Waals surface area contributed by atoms with Crippen molar-refractivity contribution in [3.05, 3.63) is 58.6 Å². The highest BCUT2D eigenvalue weighted by atomic mass is 79.9. The van der Waals surface area contributed by atoms with Gasteiger partial charge in [0, 0.05) is 11.3 Å². The van der Waals surface area contributed by atoms with Gasteiger partial charge in [-0.1, -0.05) is 18.2 Å². The Morgan fingerprint density at radius 3 is 2.71 bits per heavy atom. The monoisotopic (exact) mass is 343 g/mol. The van der Waals surface area contributed by atoms with E-state index < -0.39 is 0 Å². The van der Waals surface area contributed by atoms with Crippen molar-refractivity contribution >= 4 is 21.6 Å². The molecular weight excluding hydrogens is 330 g/mol. The van der Waals surface area contributed by atoms with Crippen molar-refractivity contribution in [1.82, 2.24) is 20.2 Å². The fourth-order valence-corrected chi connectivity index (χ4v) is 2.41. The lowest BCUT2D eigenvalue weighted by Gasteiger charge is -2.09. The summed E-state index contributed by atoms with van der Waals surface area (Å²) in [5.74, 6) is 1.49. The van der Waals surface area contributed by atoms with Gasteiger partial charge in [-0.05, 0) is 47.1 Å². The van der Waals surface area contributed by atoms with Crippen molar-refractivity contribution in [2.75, 3.05) is 5.32 Å². The van der Waals surface area contributed by atoms with E-state index in [1.165, 1.54) is 0 Å². The summed E-state index contributed by atoms with van der Waals surface area (Å²) in [6, 6.07) is 13.8. The zero-order chi connectivity index (χ0) is 14.7. The number of aromatic nitrogens is 4. The van der Waals surface area contributed by atoms with E-state index in [4.69, 9.17) is 0 Å². The van der Waals surface area contributed by atoms with E-state index in [2.05, 4.69) is 41.4 Å². The third kappa shape index (κ3) is 3.28. The van der Waals surface area contributed by atoms with E-state index in [1.807, 2.05) is 49.4 Å². The minimum Gasteiger partial charge on any atom is -0.379 e. The third-order valence-corrected chi connectivity index (χ3v) is 3.44. The second kappa shape index (κ2) is 6.05. The van der Waals surface area contributed by atoms with Crippen LogP contribution >= 0.6 is 15.9 Å². The molecule has 0 aliphatic heterocycles. The van der Waals surface area contributed by atoms with Crippen LogP contribution in [-0.4, -0.2) is 20.2 Å². The number of anilines is 1. The Balaban J connectivity index is 1.83. The Kier molecular flexibility index (Phi) is 3.96. The number of para-hydroxylation sites is 1. The quantitative estimate of drug-likeness (QED) is 0.711. The minimum absolute atomic E-state index is 0.639. The number of H-pyrrole nitrogens is 1. The van der Waals surface area contributed by atoms with Crippen LogP contribution in [0.3, 0.4) is 0 Å². The first-order chi connectivity index (χ1) is 10.2. The fraction of sp³-hybridized carbons (Fsp3) is 0.133. The van der Waals surface area contributed by atoms with Crippen molar-refractivity contribution in [2.45, 2.75) is 13.5 Å². The molecule has 0 bridgehead atoms. The van der Waals surface area contributed by atoms with Crippen LogP contribution in [0.2, 0.25) is 0 Å². The summed E-state index contributed by atoms with van der Waals surface area (Å²) >= 11 is 3.38.